The summed E-state index contributed by atoms with van der Waals surface area (Å²) in [6, 6.07) is 14.6. The number of hydrogen-bond donors (Lipinski definition) is 1. The predicted octanol–water partition coefficient (Wildman–Crippen LogP) is 2.43. The summed E-state index contributed by atoms with van der Waals surface area (Å²) >= 11 is 6.15. The smallest absolute Gasteiger partial charge is 0.253 e. The minimum absolute atomic E-state index is 0.228. The summed E-state index contributed by atoms with van der Waals surface area (Å²) in [6.07, 6.45) is 0. The van der Waals surface area contributed by atoms with Gasteiger partial charge in [0.2, 0.25) is 16.6 Å². The molecule has 104 valence electrons. The van der Waals surface area contributed by atoms with Crippen LogP contribution in [0.15, 0.2) is 54.6 Å². The van der Waals surface area contributed by atoms with E-state index in [1.54, 1.807) is 42.5 Å². The zero-order valence-electron chi connectivity index (χ0n) is 10.8. The number of amides is 1. The molecule has 0 fully saturated rings. The lowest BCUT2D eigenvalue weighted by Gasteiger charge is -2.19. The Morgan fingerprint density at radius 1 is 0.857 bits per heavy atom. The Balaban J connectivity index is 1.95. The molecule has 2 aromatic carbocycles. The van der Waals surface area contributed by atoms with Crippen molar-refractivity contribution in [1.82, 2.24) is 5.32 Å². The lowest BCUT2D eigenvalue weighted by molar-refractivity contribution is 0.0772. The molecule has 0 saturated heterocycles. The van der Waals surface area contributed by atoms with Crippen LogP contribution in [0.4, 0.5) is 0 Å². The number of ketones is 2. The molecule has 0 aliphatic heterocycles. The predicted molar refractivity (Wildman–Crippen MR) is 77.6 cm³/mol. The lowest BCUT2D eigenvalue weighted by Crippen LogP contribution is -2.52. The van der Waals surface area contributed by atoms with Crippen LogP contribution in [0.1, 0.15) is 31.1 Å². The van der Waals surface area contributed by atoms with E-state index in [0.29, 0.717) is 5.56 Å². The van der Waals surface area contributed by atoms with Crippen molar-refractivity contribution >= 4 is 29.1 Å². The number of nitrogens with one attached hydrogen (secondary N) is 1. The Bertz CT molecular complexity index is 720. The van der Waals surface area contributed by atoms with Crippen LogP contribution < -0.4 is 5.32 Å². The van der Waals surface area contributed by atoms with Crippen LogP contribution >= 0.6 is 11.6 Å². The monoisotopic (exact) mass is 299 g/mol. The van der Waals surface area contributed by atoms with E-state index in [1.165, 1.54) is 12.1 Å². The van der Waals surface area contributed by atoms with E-state index < -0.39 is 22.5 Å². The first kappa shape index (κ1) is 13.5. The van der Waals surface area contributed by atoms with E-state index in [4.69, 9.17) is 11.6 Å². The summed E-state index contributed by atoms with van der Waals surface area (Å²) in [6.45, 7) is 0. The SMILES string of the molecule is O=C(NC1(Cl)C(=O)c2ccccc2C1=O)c1ccccc1. The molecule has 1 aliphatic rings. The van der Waals surface area contributed by atoms with Gasteiger partial charge in [-0.05, 0) is 12.1 Å². The highest BCUT2D eigenvalue weighted by Gasteiger charge is 2.53. The molecule has 0 aromatic heterocycles. The molecule has 1 N–H and O–H groups in total. The molecule has 1 amide bonds. The number of carbonyl (C=O) groups excluding carboxylic acids is 3. The van der Waals surface area contributed by atoms with Gasteiger partial charge in [0.25, 0.3) is 5.91 Å². The summed E-state index contributed by atoms with van der Waals surface area (Å²) in [5, 5.41) is 2.35. The molecule has 0 unspecified atom stereocenters. The van der Waals surface area contributed by atoms with Crippen molar-refractivity contribution in [3.05, 3.63) is 71.3 Å². The number of alkyl halides is 1. The fraction of sp³-hybridized carbons (Fsp3) is 0.0625. The molecule has 1 aliphatic carbocycles. The van der Waals surface area contributed by atoms with E-state index in [-0.39, 0.29) is 11.1 Å². The highest BCUT2D eigenvalue weighted by molar-refractivity contribution is 6.55. The normalized spacial score (nSPS) is 15.7. The molecule has 0 saturated carbocycles. The molecule has 0 radical (unpaired) electrons. The molecule has 4 nitrogen and oxygen atoms in total. The van der Waals surface area contributed by atoms with Crippen LogP contribution in [0.5, 0.6) is 0 Å². The van der Waals surface area contributed by atoms with Gasteiger partial charge in [0.15, 0.2) is 0 Å². The average Bonchev–Trinajstić information content (AvgIpc) is 2.71. The van der Waals surface area contributed by atoms with Gasteiger partial charge in [-0.25, -0.2) is 0 Å². The standard InChI is InChI=1S/C16H10ClNO3/c17-16(18-15(21)10-6-2-1-3-7-10)13(19)11-8-4-5-9-12(11)14(16)20/h1-9H,(H,18,21). The van der Waals surface area contributed by atoms with Crippen LogP contribution in [-0.2, 0) is 0 Å². The van der Waals surface area contributed by atoms with E-state index in [2.05, 4.69) is 5.32 Å². The van der Waals surface area contributed by atoms with Gasteiger partial charge >= 0.3 is 0 Å². The van der Waals surface area contributed by atoms with Gasteiger partial charge in [-0.15, -0.1) is 0 Å². The number of halogens is 1. The van der Waals surface area contributed by atoms with Gasteiger partial charge in [0, 0.05) is 16.7 Å². The second-order valence-electron chi connectivity index (χ2n) is 4.68. The third-order valence-electron chi connectivity index (χ3n) is 3.36. The molecule has 3 rings (SSSR count). The molecule has 0 spiro atoms. The van der Waals surface area contributed by atoms with Gasteiger partial charge < -0.3 is 5.32 Å². The van der Waals surface area contributed by atoms with Gasteiger partial charge in [0.1, 0.15) is 0 Å². The first-order chi connectivity index (χ1) is 10.0. The Hall–Kier alpha value is -2.46. The van der Waals surface area contributed by atoms with E-state index in [0.717, 1.165) is 0 Å². The third-order valence-corrected chi connectivity index (χ3v) is 3.80. The van der Waals surface area contributed by atoms with Crippen LogP contribution in [0.2, 0.25) is 0 Å². The average molecular weight is 300 g/mol. The van der Waals surface area contributed by atoms with Gasteiger partial charge in [-0.3, -0.25) is 14.4 Å². The number of benzene rings is 2. The molecule has 0 heterocycles. The minimum atomic E-state index is -2.06. The Kier molecular flexibility index (Phi) is 3.11. The quantitative estimate of drug-likeness (QED) is 0.526. The Labute approximate surface area is 125 Å². The summed E-state index contributed by atoms with van der Waals surface area (Å²) < 4.78 is 0. The van der Waals surface area contributed by atoms with Crippen LogP contribution in [0, 0.1) is 0 Å². The van der Waals surface area contributed by atoms with E-state index >= 15 is 0 Å². The van der Waals surface area contributed by atoms with Gasteiger partial charge in [-0.2, -0.15) is 0 Å². The maximum atomic E-state index is 12.3. The lowest BCUT2D eigenvalue weighted by atomic mass is 10.1. The van der Waals surface area contributed by atoms with Crippen molar-refractivity contribution in [2.45, 2.75) is 5.00 Å². The number of rotatable bonds is 2. The van der Waals surface area contributed by atoms with Crippen molar-refractivity contribution in [3.63, 3.8) is 0 Å². The van der Waals surface area contributed by atoms with Crippen molar-refractivity contribution < 1.29 is 14.4 Å². The summed E-state index contributed by atoms with van der Waals surface area (Å²) in [4.78, 5) is 34.7. The second kappa shape index (κ2) is 4.82. The fourth-order valence-corrected chi connectivity index (χ4v) is 2.57. The zero-order chi connectivity index (χ0) is 15.0. The minimum Gasteiger partial charge on any atom is -0.320 e. The highest BCUT2D eigenvalue weighted by atomic mass is 35.5. The molecular weight excluding hydrogens is 290 g/mol. The van der Waals surface area contributed by atoms with Crippen LogP contribution in [0.3, 0.4) is 0 Å². The number of hydrogen-bond acceptors (Lipinski definition) is 3. The molecule has 0 bridgehead atoms. The topological polar surface area (TPSA) is 63.2 Å². The van der Waals surface area contributed by atoms with Crippen molar-refractivity contribution in [2.75, 3.05) is 0 Å². The third kappa shape index (κ3) is 2.04. The van der Waals surface area contributed by atoms with E-state index in [9.17, 15) is 14.4 Å². The van der Waals surface area contributed by atoms with Crippen molar-refractivity contribution in [2.24, 2.45) is 0 Å². The van der Waals surface area contributed by atoms with Crippen LogP contribution in [-0.4, -0.2) is 22.5 Å². The van der Waals surface area contributed by atoms with Gasteiger partial charge in [-0.1, -0.05) is 54.1 Å². The summed E-state index contributed by atoms with van der Waals surface area (Å²) in [7, 11) is 0. The molecule has 21 heavy (non-hydrogen) atoms. The first-order valence-corrected chi connectivity index (χ1v) is 6.67. The maximum absolute atomic E-state index is 12.3. The molecule has 0 atom stereocenters. The van der Waals surface area contributed by atoms with Gasteiger partial charge in [0.05, 0.1) is 0 Å². The summed E-state index contributed by atoms with van der Waals surface area (Å²) in [5.41, 5.74) is 0.783. The fourth-order valence-electron chi connectivity index (χ4n) is 2.29. The van der Waals surface area contributed by atoms with E-state index in [1.807, 2.05) is 0 Å². The zero-order valence-corrected chi connectivity index (χ0v) is 11.6. The first-order valence-electron chi connectivity index (χ1n) is 6.29. The maximum Gasteiger partial charge on any atom is 0.253 e. The molecular formula is C16H10ClNO3. The van der Waals surface area contributed by atoms with Crippen molar-refractivity contribution in [1.29, 1.82) is 0 Å². The summed E-state index contributed by atoms with van der Waals surface area (Å²) in [5.74, 6) is -1.77. The number of fused-ring (bicyclic) bond motifs is 1. The second-order valence-corrected chi connectivity index (χ2v) is 5.25. The molecule has 2 aromatic rings. The number of Topliss-reactive ketones (excluding diaryl/α,β-unsaturated/α-hetero) is 2. The highest BCUT2D eigenvalue weighted by Crippen LogP contribution is 2.33. The number of carbonyl (C=O) groups is 3. The van der Waals surface area contributed by atoms with Crippen molar-refractivity contribution in [3.8, 4) is 0 Å². The largest absolute Gasteiger partial charge is 0.320 e. The Morgan fingerprint density at radius 2 is 1.33 bits per heavy atom. The molecule has 5 heteroatoms. The Morgan fingerprint density at radius 3 is 1.86 bits per heavy atom. The van der Waals surface area contributed by atoms with Crippen LogP contribution in [0.25, 0.3) is 0 Å².